The van der Waals surface area contributed by atoms with Gasteiger partial charge in [-0.25, -0.2) is 0 Å². The predicted octanol–water partition coefficient (Wildman–Crippen LogP) is 1.57. The van der Waals surface area contributed by atoms with Crippen molar-refractivity contribution in [2.45, 2.75) is 12.8 Å². The number of phenols is 1. The number of rotatable bonds is 9. The second kappa shape index (κ2) is 9.35. The third-order valence-electron chi connectivity index (χ3n) is 2.54. The number of nitrogens with one attached hydrogen (secondary N) is 1. The SMILES string of the molecule is COCCOCCCCNC(=O)c1cccc(O)c1. The van der Waals surface area contributed by atoms with Gasteiger partial charge in [0.25, 0.3) is 5.91 Å². The molecule has 106 valence electrons. The van der Waals surface area contributed by atoms with Gasteiger partial charge < -0.3 is 19.9 Å². The molecule has 5 nitrogen and oxygen atoms in total. The first-order valence-corrected chi connectivity index (χ1v) is 6.38. The minimum absolute atomic E-state index is 0.0965. The monoisotopic (exact) mass is 267 g/mol. The van der Waals surface area contributed by atoms with Crippen LogP contribution in [-0.2, 0) is 9.47 Å². The number of carbonyl (C=O) groups is 1. The van der Waals surface area contributed by atoms with Crippen LogP contribution in [0.5, 0.6) is 5.75 Å². The lowest BCUT2D eigenvalue weighted by Crippen LogP contribution is -2.24. The quantitative estimate of drug-likeness (QED) is 0.666. The molecule has 5 heteroatoms. The van der Waals surface area contributed by atoms with E-state index in [4.69, 9.17) is 9.47 Å². The second-order valence-corrected chi connectivity index (χ2v) is 4.12. The summed E-state index contributed by atoms with van der Waals surface area (Å²) in [6.45, 7) is 2.48. The molecule has 1 rings (SSSR count). The highest BCUT2D eigenvalue weighted by Gasteiger charge is 2.04. The van der Waals surface area contributed by atoms with Gasteiger partial charge in [0.2, 0.25) is 0 Å². The molecule has 0 saturated heterocycles. The number of benzene rings is 1. The van der Waals surface area contributed by atoms with Gasteiger partial charge in [-0.2, -0.15) is 0 Å². The van der Waals surface area contributed by atoms with Crippen LogP contribution < -0.4 is 5.32 Å². The van der Waals surface area contributed by atoms with E-state index in [1.807, 2.05) is 0 Å². The predicted molar refractivity (Wildman–Crippen MR) is 72.4 cm³/mol. The molecule has 0 aliphatic heterocycles. The van der Waals surface area contributed by atoms with Gasteiger partial charge in [0, 0.05) is 25.8 Å². The van der Waals surface area contributed by atoms with E-state index in [0.29, 0.717) is 31.9 Å². The van der Waals surface area contributed by atoms with E-state index in [0.717, 1.165) is 12.8 Å². The maximum absolute atomic E-state index is 11.7. The van der Waals surface area contributed by atoms with Crippen molar-refractivity contribution < 1.29 is 19.4 Å². The van der Waals surface area contributed by atoms with E-state index in [1.165, 1.54) is 12.1 Å². The molecule has 0 atom stereocenters. The summed E-state index contributed by atoms with van der Waals surface area (Å²) in [6, 6.07) is 6.30. The first-order valence-electron chi connectivity index (χ1n) is 6.38. The summed E-state index contributed by atoms with van der Waals surface area (Å²) < 4.78 is 10.2. The van der Waals surface area contributed by atoms with Crippen LogP contribution in [-0.4, -0.2) is 44.5 Å². The molecule has 0 aromatic heterocycles. The number of methoxy groups -OCH3 is 1. The zero-order chi connectivity index (χ0) is 13.9. The summed E-state index contributed by atoms with van der Waals surface area (Å²) in [5, 5.41) is 12.1. The molecular formula is C14H21NO4. The third kappa shape index (κ3) is 6.79. The zero-order valence-electron chi connectivity index (χ0n) is 11.2. The summed E-state index contributed by atoms with van der Waals surface area (Å²) in [4.78, 5) is 11.7. The van der Waals surface area contributed by atoms with Crippen LogP contribution in [0.25, 0.3) is 0 Å². The minimum Gasteiger partial charge on any atom is -0.508 e. The van der Waals surface area contributed by atoms with Gasteiger partial charge >= 0.3 is 0 Å². The fourth-order valence-corrected chi connectivity index (χ4v) is 1.52. The lowest BCUT2D eigenvalue weighted by atomic mass is 10.2. The second-order valence-electron chi connectivity index (χ2n) is 4.12. The fourth-order valence-electron chi connectivity index (χ4n) is 1.52. The van der Waals surface area contributed by atoms with E-state index in [9.17, 15) is 9.90 Å². The highest BCUT2D eigenvalue weighted by Crippen LogP contribution is 2.10. The van der Waals surface area contributed by atoms with Gasteiger partial charge in [0.1, 0.15) is 5.75 Å². The van der Waals surface area contributed by atoms with Crippen LogP contribution in [0.15, 0.2) is 24.3 Å². The van der Waals surface area contributed by atoms with E-state index >= 15 is 0 Å². The average Bonchev–Trinajstić information content (AvgIpc) is 2.41. The van der Waals surface area contributed by atoms with Crippen molar-refractivity contribution >= 4 is 5.91 Å². The zero-order valence-corrected chi connectivity index (χ0v) is 11.2. The van der Waals surface area contributed by atoms with E-state index < -0.39 is 0 Å². The Bertz CT molecular complexity index is 381. The summed E-state index contributed by atoms with van der Waals surface area (Å²) in [5.41, 5.74) is 0.469. The fraction of sp³-hybridized carbons (Fsp3) is 0.500. The topological polar surface area (TPSA) is 67.8 Å². The number of hydrogen-bond acceptors (Lipinski definition) is 4. The van der Waals surface area contributed by atoms with Gasteiger partial charge in [-0.15, -0.1) is 0 Å². The molecule has 0 fully saturated rings. The molecule has 0 spiro atoms. The molecule has 0 aliphatic carbocycles. The molecule has 1 aromatic carbocycles. The van der Waals surface area contributed by atoms with Crippen molar-refractivity contribution in [2.75, 3.05) is 33.5 Å². The smallest absolute Gasteiger partial charge is 0.251 e. The van der Waals surface area contributed by atoms with Gasteiger partial charge in [0.15, 0.2) is 0 Å². The van der Waals surface area contributed by atoms with Crippen LogP contribution in [0.4, 0.5) is 0 Å². The number of amides is 1. The summed E-state index contributed by atoms with van der Waals surface area (Å²) in [7, 11) is 1.64. The molecule has 0 radical (unpaired) electrons. The van der Waals surface area contributed by atoms with Crippen LogP contribution in [0.3, 0.4) is 0 Å². The molecular weight excluding hydrogens is 246 g/mol. The summed E-state index contributed by atoms with van der Waals surface area (Å²) in [5.74, 6) is -0.0737. The van der Waals surface area contributed by atoms with E-state index in [2.05, 4.69) is 5.32 Å². The van der Waals surface area contributed by atoms with Crippen LogP contribution >= 0.6 is 0 Å². The highest BCUT2D eigenvalue weighted by atomic mass is 16.5. The molecule has 1 amide bonds. The molecule has 2 N–H and O–H groups in total. The number of aromatic hydroxyl groups is 1. The van der Waals surface area contributed by atoms with Crippen molar-refractivity contribution in [3.63, 3.8) is 0 Å². The van der Waals surface area contributed by atoms with Crippen molar-refractivity contribution in [3.8, 4) is 5.75 Å². The Kier molecular flexibility index (Phi) is 7.62. The van der Waals surface area contributed by atoms with Crippen molar-refractivity contribution in [3.05, 3.63) is 29.8 Å². The largest absolute Gasteiger partial charge is 0.508 e. The maximum atomic E-state index is 11.7. The Morgan fingerprint density at radius 3 is 2.84 bits per heavy atom. The number of unbranched alkanes of at least 4 members (excludes halogenated alkanes) is 1. The molecule has 0 unspecified atom stereocenters. The summed E-state index contributed by atoms with van der Waals surface area (Å²) >= 11 is 0. The van der Waals surface area contributed by atoms with Crippen molar-refractivity contribution in [1.82, 2.24) is 5.32 Å². The van der Waals surface area contributed by atoms with Crippen molar-refractivity contribution in [1.29, 1.82) is 0 Å². The maximum Gasteiger partial charge on any atom is 0.251 e. The van der Waals surface area contributed by atoms with Gasteiger partial charge in [0.05, 0.1) is 13.2 Å². The first kappa shape index (κ1) is 15.5. The number of carbonyl (C=O) groups excluding carboxylic acids is 1. The first-order chi connectivity index (χ1) is 9.24. The van der Waals surface area contributed by atoms with Crippen molar-refractivity contribution in [2.24, 2.45) is 0 Å². The Labute approximate surface area is 113 Å². The average molecular weight is 267 g/mol. The summed E-state index contributed by atoms with van der Waals surface area (Å²) in [6.07, 6.45) is 1.75. The normalized spacial score (nSPS) is 10.4. The van der Waals surface area contributed by atoms with Crippen LogP contribution in [0, 0.1) is 0 Å². The standard InChI is InChI=1S/C14H21NO4/c1-18-9-10-19-8-3-2-7-15-14(17)12-5-4-6-13(16)11-12/h4-6,11,16H,2-3,7-10H2,1H3,(H,15,17). The molecule has 1 aromatic rings. The number of ether oxygens (including phenoxy) is 2. The Morgan fingerprint density at radius 1 is 1.26 bits per heavy atom. The van der Waals surface area contributed by atoms with E-state index in [1.54, 1.807) is 19.2 Å². The molecule has 0 heterocycles. The lowest BCUT2D eigenvalue weighted by molar-refractivity contribution is 0.0686. The lowest BCUT2D eigenvalue weighted by Gasteiger charge is -2.06. The van der Waals surface area contributed by atoms with E-state index in [-0.39, 0.29) is 11.7 Å². The Morgan fingerprint density at radius 2 is 2.11 bits per heavy atom. The minimum atomic E-state index is -0.170. The third-order valence-corrected chi connectivity index (χ3v) is 2.54. The Hall–Kier alpha value is -1.59. The van der Waals surface area contributed by atoms with Crippen LogP contribution in [0.1, 0.15) is 23.2 Å². The molecule has 0 bridgehead atoms. The highest BCUT2D eigenvalue weighted by molar-refractivity contribution is 5.94. The molecule has 0 saturated carbocycles. The number of phenolic OH excluding ortho intramolecular Hbond substituents is 1. The van der Waals surface area contributed by atoms with Crippen LogP contribution in [0.2, 0.25) is 0 Å². The number of hydrogen-bond donors (Lipinski definition) is 2. The molecule has 19 heavy (non-hydrogen) atoms. The van der Waals surface area contributed by atoms with Gasteiger partial charge in [-0.05, 0) is 31.0 Å². The Balaban J connectivity index is 2.08. The van der Waals surface area contributed by atoms with Gasteiger partial charge in [-0.1, -0.05) is 6.07 Å². The molecule has 0 aliphatic rings. The van der Waals surface area contributed by atoms with Gasteiger partial charge in [-0.3, -0.25) is 4.79 Å².